The highest BCUT2D eigenvalue weighted by Crippen LogP contribution is 2.25. The lowest BCUT2D eigenvalue weighted by Crippen LogP contribution is -2.32. The molecule has 4 nitrogen and oxygen atoms in total. The maximum absolute atomic E-state index is 4.49. The first-order valence-electron chi connectivity index (χ1n) is 5.54. The first kappa shape index (κ1) is 11.5. The van der Waals surface area contributed by atoms with Gasteiger partial charge in [-0.05, 0) is 19.1 Å². The predicted octanol–water partition coefficient (Wildman–Crippen LogP) is 1.77. The van der Waals surface area contributed by atoms with Crippen LogP contribution in [-0.4, -0.2) is 41.6 Å². The Morgan fingerprint density at radius 1 is 1.50 bits per heavy atom. The van der Waals surface area contributed by atoms with E-state index in [4.69, 9.17) is 0 Å². The molecule has 1 aromatic heterocycles. The number of anilines is 2. The minimum Gasteiger partial charge on any atom is -0.373 e. The quantitative estimate of drug-likeness (QED) is 0.869. The highest BCUT2D eigenvalue weighted by molar-refractivity contribution is 7.99. The van der Waals surface area contributed by atoms with Crippen molar-refractivity contribution in [2.24, 2.45) is 0 Å². The van der Waals surface area contributed by atoms with Crippen molar-refractivity contribution >= 4 is 23.4 Å². The smallest absolute Gasteiger partial charge is 0.134 e. The Morgan fingerprint density at radius 2 is 2.31 bits per heavy atom. The van der Waals surface area contributed by atoms with Crippen LogP contribution in [0.2, 0.25) is 0 Å². The molecule has 2 heterocycles. The lowest BCUT2D eigenvalue weighted by atomic mass is 10.2. The van der Waals surface area contributed by atoms with E-state index in [9.17, 15) is 0 Å². The molecule has 0 bridgehead atoms. The van der Waals surface area contributed by atoms with Gasteiger partial charge in [0, 0.05) is 32.0 Å². The highest BCUT2D eigenvalue weighted by atomic mass is 32.2. The molecule has 1 unspecified atom stereocenters. The summed E-state index contributed by atoms with van der Waals surface area (Å²) in [7, 11) is 4.01. The van der Waals surface area contributed by atoms with Crippen LogP contribution in [-0.2, 0) is 0 Å². The van der Waals surface area contributed by atoms with E-state index in [1.165, 1.54) is 17.9 Å². The molecule has 0 aliphatic carbocycles. The number of aryl methyl sites for hydroxylation is 1. The van der Waals surface area contributed by atoms with Crippen molar-refractivity contribution in [1.29, 1.82) is 0 Å². The molecule has 1 aliphatic rings. The van der Waals surface area contributed by atoms with Gasteiger partial charge >= 0.3 is 0 Å². The molecule has 0 saturated carbocycles. The zero-order valence-electron chi connectivity index (χ0n) is 10.0. The van der Waals surface area contributed by atoms with E-state index in [-0.39, 0.29) is 0 Å². The number of nitrogens with one attached hydrogen (secondary N) is 1. The molecular weight excluding hydrogens is 220 g/mol. The van der Waals surface area contributed by atoms with Crippen LogP contribution in [0.3, 0.4) is 0 Å². The SMILES string of the molecule is CNc1cc(N(C)C2CCSC2)nc(C)n1. The molecule has 1 aromatic rings. The number of hydrogen-bond acceptors (Lipinski definition) is 5. The van der Waals surface area contributed by atoms with Crippen molar-refractivity contribution in [1.82, 2.24) is 9.97 Å². The molecule has 0 spiro atoms. The summed E-state index contributed by atoms with van der Waals surface area (Å²) < 4.78 is 0. The molecule has 0 radical (unpaired) electrons. The van der Waals surface area contributed by atoms with Gasteiger partial charge in [0.15, 0.2) is 0 Å². The molecule has 2 rings (SSSR count). The van der Waals surface area contributed by atoms with Crippen LogP contribution in [0, 0.1) is 6.92 Å². The van der Waals surface area contributed by atoms with Gasteiger partial charge in [0.2, 0.25) is 0 Å². The Balaban J connectivity index is 2.21. The van der Waals surface area contributed by atoms with Gasteiger partial charge in [-0.15, -0.1) is 0 Å². The van der Waals surface area contributed by atoms with E-state index in [0.717, 1.165) is 17.5 Å². The molecule has 1 fully saturated rings. The number of nitrogens with zero attached hydrogens (tertiary/aromatic N) is 3. The Hall–Kier alpha value is -0.970. The number of aromatic nitrogens is 2. The van der Waals surface area contributed by atoms with Crippen LogP contribution in [0.4, 0.5) is 11.6 Å². The van der Waals surface area contributed by atoms with Gasteiger partial charge in [-0.25, -0.2) is 9.97 Å². The lowest BCUT2D eigenvalue weighted by Gasteiger charge is -2.25. The van der Waals surface area contributed by atoms with Crippen molar-refractivity contribution in [2.45, 2.75) is 19.4 Å². The maximum Gasteiger partial charge on any atom is 0.134 e. The Morgan fingerprint density at radius 3 is 2.94 bits per heavy atom. The van der Waals surface area contributed by atoms with Gasteiger partial charge in [-0.3, -0.25) is 0 Å². The first-order valence-corrected chi connectivity index (χ1v) is 6.70. The fourth-order valence-corrected chi connectivity index (χ4v) is 3.14. The molecule has 1 aliphatic heterocycles. The van der Waals surface area contributed by atoms with Crippen molar-refractivity contribution in [3.8, 4) is 0 Å². The molecule has 5 heteroatoms. The van der Waals surface area contributed by atoms with Crippen LogP contribution in [0.15, 0.2) is 6.07 Å². The molecule has 16 heavy (non-hydrogen) atoms. The molecular formula is C11H18N4S. The third-order valence-corrected chi connectivity index (χ3v) is 4.04. The summed E-state index contributed by atoms with van der Waals surface area (Å²) in [6.07, 6.45) is 1.25. The number of hydrogen-bond donors (Lipinski definition) is 1. The Labute approximate surface area is 101 Å². The highest BCUT2D eigenvalue weighted by Gasteiger charge is 2.21. The van der Waals surface area contributed by atoms with Gasteiger partial charge < -0.3 is 10.2 Å². The minimum absolute atomic E-state index is 0.615. The van der Waals surface area contributed by atoms with Gasteiger partial charge in [0.05, 0.1) is 0 Å². The second-order valence-electron chi connectivity index (χ2n) is 4.04. The van der Waals surface area contributed by atoms with E-state index in [0.29, 0.717) is 6.04 Å². The summed E-state index contributed by atoms with van der Waals surface area (Å²) in [4.78, 5) is 11.1. The van der Waals surface area contributed by atoms with Crippen LogP contribution in [0.25, 0.3) is 0 Å². The Kier molecular flexibility index (Phi) is 3.53. The van der Waals surface area contributed by atoms with Gasteiger partial charge in [0.1, 0.15) is 17.5 Å². The van der Waals surface area contributed by atoms with Crippen molar-refractivity contribution in [3.05, 3.63) is 11.9 Å². The molecule has 0 aromatic carbocycles. The van der Waals surface area contributed by atoms with Crippen molar-refractivity contribution in [2.75, 3.05) is 35.8 Å². The summed E-state index contributed by atoms with van der Waals surface area (Å²) >= 11 is 2.02. The summed E-state index contributed by atoms with van der Waals surface area (Å²) in [5, 5.41) is 3.07. The average Bonchev–Trinajstić information content (AvgIpc) is 2.80. The fraction of sp³-hybridized carbons (Fsp3) is 0.636. The topological polar surface area (TPSA) is 41.0 Å². The van der Waals surface area contributed by atoms with Crippen LogP contribution >= 0.6 is 11.8 Å². The van der Waals surface area contributed by atoms with Crippen LogP contribution < -0.4 is 10.2 Å². The minimum atomic E-state index is 0.615. The molecule has 1 atom stereocenters. The number of rotatable bonds is 3. The van der Waals surface area contributed by atoms with Crippen LogP contribution in [0.1, 0.15) is 12.2 Å². The normalized spacial score (nSPS) is 19.8. The fourth-order valence-electron chi connectivity index (χ4n) is 1.88. The van der Waals surface area contributed by atoms with Gasteiger partial charge in [-0.1, -0.05) is 0 Å². The molecule has 0 amide bonds. The second-order valence-corrected chi connectivity index (χ2v) is 5.19. The monoisotopic (exact) mass is 238 g/mol. The summed E-state index contributed by atoms with van der Waals surface area (Å²) in [6.45, 7) is 1.93. The zero-order valence-corrected chi connectivity index (χ0v) is 10.8. The van der Waals surface area contributed by atoms with E-state index >= 15 is 0 Å². The average molecular weight is 238 g/mol. The van der Waals surface area contributed by atoms with Crippen LogP contribution in [0.5, 0.6) is 0 Å². The predicted molar refractivity (Wildman–Crippen MR) is 70.4 cm³/mol. The maximum atomic E-state index is 4.49. The summed E-state index contributed by atoms with van der Waals surface area (Å²) in [5.41, 5.74) is 0. The molecule has 88 valence electrons. The van der Waals surface area contributed by atoms with E-state index in [1.54, 1.807) is 0 Å². The van der Waals surface area contributed by atoms with E-state index in [2.05, 4.69) is 27.2 Å². The second kappa shape index (κ2) is 4.91. The van der Waals surface area contributed by atoms with Gasteiger partial charge in [0.25, 0.3) is 0 Å². The van der Waals surface area contributed by atoms with Crippen molar-refractivity contribution in [3.63, 3.8) is 0 Å². The number of thioether (sulfide) groups is 1. The molecule has 1 saturated heterocycles. The zero-order chi connectivity index (χ0) is 11.5. The summed E-state index contributed by atoms with van der Waals surface area (Å²) in [5.74, 6) is 5.19. The largest absolute Gasteiger partial charge is 0.373 e. The first-order chi connectivity index (χ1) is 7.70. The lowest BCUT2D eigenvalue weighted by molar-refractivity contribution is 0.689. The van der Waals surface area contributed by atoms with E-state index in [1.807, 2.05) is 31.8 Å². The van der Waals surface area contributed by atoms with E-state index < -0.39 is 0 Å². The summed E-state index contributed by atoms with van der Waals surface area (Å²) in [6, 6.07) is 2.62. The standard InChI is InChI=1S/C11H18N4S/c1-8-13-10(12-2)6-11(14-8)15(3)9-4-5-16-7-9/h6,9H,4-5,7H2,1-3H3,(H,12,13,14). The van der Waals surface area contributed by atoms with Gasteiger partial charge in [-0.2, -0.15) is 11.8 Å². The third-order valence-electron chi connectivity index (χ3n) is 2.90. The Bertz CT molecular complexity index is 363. The third kappa shape index (κ3) is 2.40. The van der Waals surface area contributed by atoms with Crippen molar-refractivity contribution < 1.29 is 0 Å². The molecule has 1 N–H and O–H groups in total.